The molecule has 0 aromatic heterocycles. The van der Waals surface area contributed by atoms with Crippen molar-refractivity contribution in [1.82, 2.24) is 30.8 Å². The van der Waals surface area contributed by atoms with Crippen molar-refractivity contribution < 1.29 is 24.9 Å². The van der Waals surface area contributed by atoms with Gasteiger partial charge in [0.05, 0.1) is 15.6 Å². The molecule has 4 heterocycles. The van der Waals surface area contributed by atoms with Crippen molar-refractivity contribution in [2.75, 3.05) is 6.67 Å². The van der Waals surface area contributed by atoms with Crippen LogP contribution in [0.15, 0.2) is 0 Å². The molecule has 4 saturated heterocycles. The predicted octanol–water partition coefficient (Wildman–Crippen LogP) is -3.48. The summed E-state index contributed by atoms with van der Waals surface area (Å²) in [6.07, 6.45) is -4.82. The summed E-state index contributed by atoms with van der Waals surface area (Å²) in [5.41, 5.74) is 0. The molecule has 0 aliphatic carbocycles. The van der Waals surface area contributed by atoms with Gasteiger partial charge in [0.15, 0.2) is 15.1 Å². The predicted molar refractivity (Wildman–Crippen MR) is 62.2 cm³/mol. The van der Waals surface area contributed by atoms with Crippen LogP contribution >= 0.6 is 0 Å². The fourth-order valence-corrected chi connectivity index (χ4v) is 2.91. The molecule has 0 radical (unpaired) electrons. The van der Waals surface area contributed by atoms with E-state index >= 15 is 0 Å². The SMILES string of the molecule is O=[N+]([O-])C1C2C([N+](=O)[O-])N3N([N+](=O)[O-])N1CN(N2[N+](=O)[O-])N3[N+](=O)[O-]. The number of hydrogen-bond donors (Lipinski definition) is 0. The van der Waals surface area contributed by atoms with Crippen molar-refractivity contribution in [3.05, 3.63) is 50.6 Å². The summed E-state index contributed by atoms with van der Waals surface area (Å²) in [5, 5.41) is 51.8. The van der Waals surface area contributed by atoms with E-state index in [1.807, 2.05) is 0 Å². The van der Waals surface area contributed by atoms with E-state index in [-0.39, 0.29) is 25.8 Å². The van der Waals surface area contributed by atoms with Gasteiger partial charge in [-0.05, 0) is 5.12 Å². The smallest absolute Gasteiger partial charge is 0.263 e. The van der Waals surface area contributed by atoms with E-state index < -0.39 is 50.0 Å². The first-order valence-corrected chi connectivity index (χ1v) is 6.02. The number of rotatable bonds is 5. The van der Waals surface area contributed by atoms with Crippen LogP contribution in [0, 0.1) is 50.6 Å². The minimum absolute atomic E-state index is 0.117. The molecule has 4 bridgehead atoms. The quantitative estimate of drug-likeness (QED) is 0.338. The van der Waals surface area contributed by atoms with Gasteiger partial charge >= 0.3 is 12.3 Å². The molecule has 4 aliphatic heterocycles. The standard InChI is InChI=1S/C4H5N11O10/c16-9(17)3-2-4(10(18)19)8-11(14(22)23)5(3)1-6(7(2)13(20)21)12(8)15(24)25/h2-4H,1H2. The lowest BCUT2D eigenvalue weighted by molar-refractivity contribution is -0.950. The van der Waals surface area contributed by atoms with E-state index in [1.54, 1.807) is 0 Å². The van der Waals surface area contributed by atoms with Crippen LogP contribution in [0.4, 0.5) is 0 Å². The highest BCUT2D eigenvalue weighted by Crippen LogP contribution is 2.41. The zero-order valence-electron chi connectivity index (χ0n) is 11.4. The van der Waals surface area contributed by atoms with Crippen LogP contribution in [0.2, 0.25) is 0 Å². The van der Waals surface area contributed by atoms with Crippen molar-refractivity contribution in [2.24, 2.45) is 0 Å². The van der Waals surface area contributed by atoms with Crippen LogP contribution in [0.5, 0.6) is 0 Å². The Balaban J connectivity index is 2.24. The maximum absolute atomic E-state index is 11.3. The fraction of sp³-hybridized carbons (Fsp3) is 1.00. The van der Waals surface area contributed by atoms with Crippen LogP contribution in [0.3, 0.4) is 0 Å². The van der Waals surface area contributed by atoms with Gasteiger partial charge < -0.3 is 0 Å². The maximum Gasteiger partial charge on any atom is 0.351 e. The number of nitrogens with zero attached hydrogens (tertiary/aromatic N) is 11. The molecule has 4 fully saturated rings. The molecule has 25 heavy (non-hydrogen) atoms. The fourth-order valence-electron chi connectivity index (χ4n) is 2.91. The average Bonchev–Trinajstić information content (AvgIpc) is 2.44. The largest absolute Gasteiger partial charge is 0.351 e. The van der Waals surface area contributed by atoms with Gasteiger partial charge in [0.1, 0.15) is 6.67 Å². The van der Waals surface area contributed by atoms with Gasteiger partial charge in [0.25, 0.3) is 6.04 Å². The number of hydrazine groups is 8. The van der Waals surface area contributed by atoms with Gasteiger partial charge in [-0.1, -0.05) is 5.01 Å². The van der Waals surface area contributed by atoms with Crippen LogP contribution in [-0.2, 0) is 0 Å². The zero-order chi connectivity index (χ0) is 18.8. The van der Waals surface area contributed by atoms with Crippen molar-refractivity contribution in [3.8, 4) is 0 Å². The van der Waals surface area contributed by atoms with E-state index in [4.69, 9.17) is 0 Å². The second-order valence-electron chi connectivity index (χ2n) is 4.73. The van der Waals surface area contributed by atoms with E-state index in [1.165, 1.54) is 0 Å². The third kappa shape index (κ3) is 1.86. The zero-order valence-corrected chi connectivity index (χ0v) is 11.4. The summed E-state index contributed by atoms with van der Waals surface area (Å²) >= 11 is 0. The minimum atomic E-state index is -2.55. The third-order valence-corrected chi connectivity index (χ3v) is 3.62. The Hall–Kier alpha value is -3.72. The molecule has 21 heteroatoms. The first kappa shape index (κ1) is 16.1. The van der Waals surface area contributed by atoms with Crippen molar-refractivity contribution in [3.63, 3.8) is 0 Å². The van der Waals surface area contributed by atoms with E-state index in [9.17, 15) is 50.6 Å². The second-order valence-corrected chi connectivity index (χ2v) is 4.73. The molecular formula is C4H5N11O10. The summed E-state index contributed by atoms with van der Waals surface area (Å²) in [7, 11) is 0. The molecule has 0 aromatic carbocycles. The molecule has 6 unspecified atom stereocenters. The van der Waals surface area contributed by atoms with Crippen molar-refractivity contribution >= 4 is 0 Å². The van der Waals surface area contributed by atoms with Crippen molar-refractivity contribution in [1.29, 1.82) is 0 Å². The highest BCUT2D eigenvalue weighted by Gasteiger charge is 2.81. The minimum Gasteiger partial charge on any atom is -0.263 e. The Morgan fingerprint density at radius 1 is 0.720 bits per heavy atom. The highest BCUT2D eigenvalue weighted by molar-refractivity contribution is 4.89. The molecule has 4 rings (SSSR count). The molecular weight excluding hydrogens is 362 g/mol. The lowest BCUT2D eigenvalue weighted by Crippen LogP contribution is -2.94. The van der Waals surface area contributed by atoms with Crippen LogP contribution < -0.4 is 0 Å². The Labute approximate surface area is 132 Å². The molecule has 0 saturated carbocycles. The second kappa shape index (κ2) is 4.89. The van der Waals surface area contributed by atoms with Gasteiger partial charge in [0.2, 0.25) is 0 Å². The third-order valence-electron chi connectivity index (χ3n) is 3.62. The Kier molecular flexibility index (Phi) is 3.16. The Morgan fingerprint density at radius 2 is 1.24 bits per heavy atom. The summed E-state index contributed by atoms with van der Waals surface area (Å²) in [6.45, 7) is -1.04. The monoisotopic (exact) mass is 367 g/mol. The Morgan fingerprint density at radius 3 is 1.64 bits per heavy atom. The van der Waals surface area contributed by atoms with E-state index in [2.05, 4.69) is 0 Å². The lowest BCUT2D eigenvalue weighted by atomic mass is 10.1. The van der Waals surface area contributed by atoms with E-state index in [0.717, 1.165) is 0 Å². The highest BCUT2D eigenvalue weighted by atomic mass is 16.8. The summed E-state index contributed by atoms with van der Waals surface area (Å²) in [5.74, 6) is 0. The lowest BCUT2D eigenvalue weighted by Gasteiger charge is -2.55. The molecule has 6 atom stereocenters. The normalized spacial score (nSPS) is 35.6. The average molecular weight is 367 g/mol. The van der Waals surface area contributed by atoms with Crippen molar-refractivity contribution in [2.45, 2.75) is 18.4 Å². The van der Waals surface area contributed by atoms with E-state index in [0.29, 0.717) is 5.01 Å². The number of hydrogen-bond acceptors (Lipinski definition) is 13. The molecule has 0 amide bonds. The van der Waals surface area contributed by atoms with Gasteiger partial charge in [-0.15, -0.1) is 0 Å². The maximum atomic E-state index is 11.3. The summed E-state index contributed by atoms with van der Waals surface area (Å²) < 4.78 is 0. The first-order valence-electron chi connectivity index (χ1n) is 6.02. The van der Waals surface area contributed by atoms with Gasteiger partial charge in [0, 0.05) is 15.0 Å². The molecule has 21 nitrogen and oxygen atoms in total. The molecule has 136 valence electrons. The molecule has 0 N–H and O–H groups in total. The topological polar surface area (TPSA) is 235 Å². The first-order chi connectivity index (χ1) is 11.6. The molecule has 0 spiro atoms. The van der Waals surface area contributed by atoms with Crippen LogP contribution in [0.1, 0.15) is 0 Å². The molecule has 4 aliphatic rings. The van der Waals surface area contributed by atoms with Gasteiger partial charge in [-0.2, -0.15) is 0 Å². The number of nitro groups is 5. The van der Waals surface area contributed by atoms with Crippen LogP contribution in [-0.4, -0.2) is 80.8 Å². The van der Waals surface area contributed by atoms with Crippen LogP contribution in [0.25, 0.3) is 0 Å². The summed E-state index contributed by atoms with van der Waals surface area (Å²) in [4.78, 5) is 53.7. The van der Waals surface area contributed by atoms with Gasteiger partial charge in [-0.25, -0.2) is 30.3 Å². The molecule has 0 aromatic rings. The summed E-state index contributed by atoms with van der Waals surface area (Å²) in [6, 6.07) is -2.18. The Bertz CT molecular complexity index is 602. The van der Waals surface area contributed by atoms with Gasteiger partial charge in [-0.3, -0.25) is 20.2 Å².